The SMILES string of the molecule is C=CC(=O)NCCOC(OCCNC(=O)C=C)c1ccc(OCCO)cc1. The maximum atomic E-state index is 11.2. The van der Waals surface area contributed by atoms with Gasteiger partial charge < -0.3 is 30.0 Å². The van der Waals surface area contributed by atoms with Crippen molar-refractivity contribution in [1.29, 1.82) is 0 Å². The van der Waals surface area contributed by atoms with E-state index in [1.54, 1.807) is 24.3 Å². The predicted molar refractivity (Wildman–Crippen MR) is 100 cm³/mol. The van der Waals surface area contributed by atoms with Gasteiger partial charge in [0.25, 0.3) is 0 Å². The van der Waals surface area contributed by atoms with Crippen molar-refractivity contribution in [3.05, 3.63) is 55.1 Å². The molecule has 148 valence electrons. The molecule has 0 heterocycles. The van der Waals surface area contributed by atoms with Gasteiger partial charge in [-0.2, -0.15) is 0 Å². The van der Waals surface area contributed by atoms with E-state index in [9.17, 15) is 9.59 Å². The molecule has 0 radical (unpaired) electrons. The summed E-state index contributed by atoms with van der Waals surface area (Å²) < 4.78 is 16.7. The lowest BCUT2D eigenvalue weighted by atomic mass is 10.2. The molecule has 0 unspecified atom stereocenters. The highest BCUT2D eigenvalue weighted by atomic mass is 16.7. The lowest BCUT2D eigenvalue weighted by Gasteiger charge is -2.19. The Morgan fingerprint density at radius 3 is 1.93 bits per heavy atom. The molecule has 0 fully saturated rings. The van der Waals surface area contributed by atoms with Crippen LogP contribution in [0, 0.1) is 0 Å². The Labute approximate surface area is 158 Å². The van der Waals surface area contributed by atoms with Gasteiger partial charge in [0, 0.05) is 18.7 Å². The van der Waals surface area contributed by atoms with Crippen molar-refractivity contribution in [3.8, 4) is 5.75 Å². The minimum Gasteiger partial charge on any atom is -0.491 e. The summed E-state index contributed by atoms with van der Waals surface area (Å²) in [5, 5.41) is 14.0. The average molecular weight is 378 g/mol. The molecule has 8 nitrogen and oxygen atoms in total. The summed E-state index contributed by atoms with van der Waals surface area (Å²) >= 11 is 0. The molecule has 0 saturated carbocycles. The number of hydrogen-bond donors (Lipinski definition) is 3. The van der Waals surface area contributed by atoms with E-state index in [0.29, 0.717) is 18.8 Å². The minimum atomic E-state index is -0.682. The highest BCUT2D eigenvalue weighted by Gasteiger charge is 2.13. The standard InChI is InChI=1S/C19H26N2O6/c1-3-17(23)20-9-12-26-19(27-13-10-21-18(24)4-2)15-5-7-16(8-6-15)25-14-11-22/h3-8,19,22H,1-2,9-14H2,(H,20,23)(H,21,24). The molecule has 0 aliphatic rings. The number of hydrogen-bond acceptors (Lipinski definition) is 6. The summed E-state index contributed by atoms with van der Waals surface area (Å²) in [4.78, 5) is 22.3. The highest BCUT2D eigenvalue weighted by molar-refractivity contribution is 5.87. The van der Waals surface area contributed by atoms with Crippen molar-refractivity contribution in [2.75, 3.05) is 39.5 Å². The van der Waals surface area contributed by atoms with E-state index in [1.165, 1.54) is 12.2 Å². The summed E-state index contributed by atoms with van der Waals surface area (Å²) in [6.07, 6.45) is 1.68. The number of aliphatic hydroxyl groups excluding tert-OH is 1. The van der Waals surface area contributed by atoms with Crippen molar-refractivity contribution in [2.45, 2.75) is 6.29 Å². The van der Waals surface area contributed by atoms with E-state index in [4.69, 9.17) is 19.3 Å². The van der Waals surface area contributed by atoms with Crippen LogP contribution < -0.4 is 15.4 Å². The molecular weight excluding hydrogens is 352 g/mol. The van der Waals surface area contributed by atoms with E-state index in [0.717, 1.165) is 5.56 Å². The Morgan fingerprint density at radius 2 is 1.48 bits per heavy atom. The number of aliphatic hydroxyl groups is 1. The summed E-state index contributed by atoms with van der Waals surface area (Å²) in [5.74, 6) is 0.0465. The van der Waals surface area contributed by atoms with Crippen LogP contribution in [-0.4, -0.2) is 56.4 Å². The Morgan fingerprint density at radius 1 is 0.963 bits per heavy atom. The lowest BCUT2D eigenvalue weighted by molar-refractivity contribution is -0.146. The third kappa shape index (κ3) is 9.55. The Bertz CT molecular complexity index is 575. The number of benzene rings is 1. The van der Waals surface area contributed by atoms with Crippen molar-refractivity contribution in [2.24, 2.45) is 0 Å². The van der Waals surface area contributed by atoms with Gasteiger partial charge in [-0.1, -0.05) is 25.3 Å². The van der Waals surface area contributed by atoms with Crippen molar-refractivity contribution >= 4 is 11.8 Å². The maximum Gasteiger partial charge on any atom is 0.243 e. The zero-order valence-electron chi connectivity index (χ0n) is 15.2. The first-order valence-corrected chi connectivity index (χ1v) is 8.48. The molecule has 0 bridgehead atoms. The van der Waals surface area contributed by atoms with Crippen LogP contribution in [0.1, 0.15) is 11.9 Å². The van der Waals surface area contributed by atoms with Crippen molar-refractivity contribution in [1.82, 2.24) is 10.6 Å². The third-order valence-corrected chi connectivity index (χ3v) is 3.22. The first kappa shape index (κ1) is 22.4. The van der Waals surface area contributed by atoms with Gasteiger partial charge in [-0.25, -0.2) is 0 Å². The lowest BCUT2D eigenvalue weighted by Crippen LogP contribution is -2.28. The Kier molecular flexibility index (Phi) is 11.2. The van der Waals surface area contributed by atoms with Crippen LogP contribution in [0.15, 0.2) is 49.6 Å². The molecule has 0 atom stereocenters. The topological polar surface area (TPSA) is 106 Å². The fourth-order valence-electron chi connectivity index (χ4n) is 1.95. The van der Waals surface area contributed by atoms with Gasteiger partial charge in [-0.3, -0.25) is 9.59 Å². The number of carbonyl (C=O) groups excluding carboxylic acids is 2. The van der Waals surface area contributed by atoms with E-state index in [1.807, 2.05) is 0 Å². The normalized spacial score (nSPS) is 10.3. The second-order valence-electron chi connectivity index (χ2n) is 5.20. The second-order valence-corrected chi connectivity index (χ2v) is 5.20. The van der Waals surface area contributed by atoms with Crippen LogP contribution in [0.4, 0.5) is 0 Å². The largest absolute Gasteiger partial charge is 0.491 e. The van der Waals surface area contributed by atoms with E-state index < -0.39 is 6.29 Å². The molecule has 1 rings (SSSR count). The van der Waals surface area contributed by atoms with Crippen LogP contribution in [0.2, 0.25) is 0 Å². The maximum absolute atomic E-state index is 11.2. The summed E-state index contributed by atoms with van der Waals surface area (Å²) in [6, 6.07) is 7.04. The van der Waals surface area contributed by atoms with Gasteiger partial charge >= 0.3 is 0 Å². The highest BCUT2D eigenvalue weighted by Crippen LogP contribution is 2.22. The molecule has 0 aromatic heterocycles. The predicted octanol–water partition coefficient (Wildman–Crippen LogP) is 0.694. The van der Waals surface area contributed by atoms with Gasteiger partial charge in [0.2, 0.25) is 11.8 Å². The van der Waals surface area contributed by atoms with Crippen molar-refractivity contribution in [3.63, 3.8) is 0 Å². The quantitative estimate of drug-likeness (QED) is 0.250. The number of ether oxygens (including phenoxy) is 3. The van der Waals surface area contributed by atoms with E-state index in [-0.39, 0.29) is 38.2 Å². The van der Waals surface area contributed by atoms with Crippen LogP contribution in [0.25, 0.3) is 0 Å². The van der Waals surface area contributed by atoms with Gasteiger partial charge in [-0.15, -0.1) is 0 Å². The molecule has 2 amide bonds. The van der Waals surface area contributed by atoms with Crippen LogP contribution >= 0.6 is 0 Å². The number of carbonyl (C=O) groups is 2. The zero-order valence-corrected chi connectivity index (χ0v) is 15.2. The summed E-state index contributed by atoms with van der Waals surface area (Å²) in [7, 11) is 0. The molecule has 0 aliphatic heterocycles. The van der Waals surface area contributed by atoms with Crippen molar-refractivity contribution < 1.29 is 28.9 Å². The van der Waals surface area contributed by atoms with E-state index in [2.05, 4.69) is 23.8 Å². The van der Waals surface area contributed by atoms with Gasteiger partial charge in [0.1, 0.15) is 12.4 Å². The fraction of sp³-hybridized carbons (Fsp3) is 0.368. The van der Waals surface area contributed by atoms with Gasteiger partial charge in [0.15, 0.2) is 6.29 Å². The number of nitrogens with one attached hydrogen (secondary N) is 2. The zero-order chi connectivity index (χ0) is 19.9. The van der Waals surface area contributed by atoms with Crippen LogP contribution in [-0.2, 0) is 19.1 Å². The molecule has 3 N–H and O–H groups in total. The molecule has 0 aliphatic carbocycles. The number of rotatable bonds is 14. The first-order valence-electron chi connectivity index (χ1n) is 8.48. The molecule has 1 aromatic carbocycles. The molecule has 8 heteroatoms. The molecule has 27 heavy (non-hydrogen) atoms. The number of amides is 2. The average Bonchev–Trinajstić information content (AvgIpc) is 2.70. The molecule has 1 aromatic rings. The Balaban J connectivity index is 2.59. The smallest absolute Gasteiger partial charge is 0.243 e. The first-order chi connectivity index (χ1) is 13.1. The second kappa shape index (κ2) is 13.5. The van der Waals surface area contributed by atoms with Crippen LogP contribution in [0.3, 0.4) is 0 Å². The Hall–Kier alpha value is -2.68. The monoisotopic (exact) mass is 378 g/mol. The van der Waals surface area contributed by atoms with Gasteiger partial charge in [0.05, 0.1) is 19.8 Å². The van der Waals surface area contributed by atoms with Gasteiger partial charge in [-0.05, 0) is 24.3 Å². The van der Waals surface area contributed by atoms with Crippen LogP contribution in [0.5, 0.6) is 5.75 Å². The fourth-order valence-corrected chi connectivity index (χ4v) is 1.95. The summed E-state index contributed by atoms with van der Waals surface area (Å²) in [5.41, 5.74) is 0.747. The minimum absolute atomic E-state index is 0.0660. The molecule has 0 saturated heterocycles. The third-order valence-electron chi connectivity index (χ3n) is 3.22. The summed E-state index contributed by atoms with van der Waals surface area (Å²) in [6.45, 7) is 7.96. The molecular formula is C19H26N2O6. The molecule has 0 spiro atoms. The van der Waals surface area contributed by atoms with E-state index >= 15 is 0 Å².